The van der Waals surface area contributed by atoms with Gasteiger partial charge in [0.2, 0.25) is 0 Å². The summed E-state index contributed by atoms with van der Waals surface area (Å²) in [5.41, 5.74) is 0. The van der Waals surface area contributed by atoms with Crippen LogP contribution in [-0.2, 0) is 0 Å². The summed E-state index contributed by atoms with van der Waals surface area (Å²) in [5, 5.41) is 1.20. The Hall–Kier alpha value is -1.04. The van der Waals surface area contributed by atoms with Crippen molar-refractivity contribution >= 4 is 21.4 Å². The molecule has 0 fully saturated rings. The Balaban J connectivity index is 2.81. The van der Waals surface area contributed by atoms with Gasteiger partial charge in [0.15, 0.2) is 0 Å². The number of hydrogen-bond acceptors (Lipinski definition) is 1. The van der Waals surface area contributed by atoms with Crippen LogP contribution in [0.5, 0.6) is 0 Å². The molecule has 0 aliphatic carbocycles. The number of thiophene rings is 1. The SMILES string of the molecule is [C+]#Cc1cc2ccccc2s1. The third kappa shape index (κ3) is 1.09. The Bertz CT molecular complexity index is 385. The molecule has 0 aliphatic rings. The molecular weight excluding hydrogens is 152 g/mol. The summed E-state index contributed by atoms with van der Waals surface area (Å²) in [6.45, 7) is 0. The first kappa shape index (κ1) is 6.66. The molecule has 1 aromatic carbocycles. The average molecular weight is 157 g/mol. The molecule has 0 atom stereocenters. The molecule has 0 radical (unpaired) electrons. The molecule has 50 valence electrons. The van der Waals surface area contributed by atoms with E-state index in [4.69, 9.17) is 6.42 Å². The Kier molecular flexibility index (Phi) is 1.54. The zero-order valence-electron chi connectivity index (χ0n) is 5.79. The van der Waals surface area contributed by atoms with Crippen LogP contribution < -0.4 is 0 Å². The molecule has 0 N–H and O–H groups in total. The molecule has 11 heavy (non-hydrogen) atoms. The minimum absolute atomic E-state index is 0.895. The van der Waals surface area contributed by atoms with Gasteiger partial charge in [-0.3, -0.25) is 0 Å². The molecule has 0 nitrogen and oxygen atoms in total. The monoisotopic (exact) mass is 157 g/mol. The Morgan fingerprint density at radius 2 is 2.09 bits per heavy atom. The summed E-state index contributed by atoms with van der Waals surface area (Å²) in [4.78, 5) is 0.895. The van der Waals surface area contributed by atoms with Gasteiger partial charge in [0.25, 0.3) is 0 Å². The Morgan fingerprint density at radius 1 is 1.27 bits per heavy atom. The molecule has 1 heterocycles. The number of rotatable bonds is 0. The zero-order valence-corrected chi connectivity index (χ0v) is 6.61. The fourth-order valence-electron chi connectivity index (χ4n) is 1.04. The second kappa shape index (κ2) is 2.54. The summed E-state index contributed by atoms with van der Waals surface area (Å²) in [6, 6.07) is 10.1. The quantitative estimate of drug-likeness (QED) is 0.407. The first-order valence-electron chi connectivity index (χ1n) is 3.31. The van der Waals surface area contributed by atoms with Gasteiger partial charge in [-0.2, -0.15) is 0 Å². The van der Waals surface area contributed by atoms with Crippen molar-refractivity contribution in [1.29, 1.82) is 0 Å². The third-order valence-electron chi connectivity index (χ3n) is 1.55. The molecule has 0 saturated heterocycles. The van der Waals surface area contributed by atoms with Gasteiger partial charge < -0.3 is 0 Å². The second-order valence-electron chi connectivity index (χ2n) is 2.27. The molecule has 0 aliphatic heterocycles. The fourth-order valence-corrected chi connectivity index (χ4v) is 1.91. The molecule has 0 unspecified atom stereocenters. The maximum atomic E-state index is 6.94. The van der Waals surface area contributed by atoms with Crippen LogP contribution in [-0.4, -0.2) is 0 Å². The van der Waals surface area contributed by atoms with Crippen molar-refractivity contribution in [2.45, 2.75) is 0 Å². The van der Waals surface area contributed by atoms with E-state index >= 15 is 0 Å². The topological polar surface area (TPSA) is 0 Å². The van der Waals surface area contributed by atoms with E-state index in [0.29, 0.717) is 0 Å². The van der Waals surface area contributed by atoms with Crippen molar-refractivity contribution in [2.75, 3.05) is 0 Å². The minimum atomic E-state index is 0.895. The number of hydrogen-bond donors (Lipinski definition) is 0. The average Bonchev–Trinajstić information content (AvgIpc) is 2.46. The first-order valence-corrected chi connectivity index (χ1v) is 4.13. The summed E-state index contributed by atoms with van der Waals surface area (Å²) in [6.07, 6.45) is 6.94. The standard InChI is InChI=1S/C10H5S/c1-2-9-7-8-5-3-4-6-10(8)11-9/h3-7H/q+1. The molecule has 2 rings (SSSR count). The van der Waals surface area contributed by atoms with E-state index in [1.54, 1.807) is 11.3 Å². The molecule has 2 aromatic rings. The van der Waals surface area contributed by atoms with Gasteiger partial charge in [-0.1, -0.05) is 0 Å². The van der Waals surface area contributed by atoms with E-state index in [-0.39, 0.29) is 0 Å². The molecule has 1 aromatic heterocycles. The number of benzene rings is 1. The van der Waals surface area contributed by atoms with Crippen LogP contribution in [0, 0.1) is 12.3 Å². The van der Waals surface area contributed by atoms with Gasteiger partial charge in [0.05, 0.1) is 0 Å². The van der Waals surface area contributed by atoms with Gasteiger partial charge in [-0.05, 0) is 0 Å². The predicted octanol–water partition coefficient (Wildman–Crippen LogP) is 2.84. The molecule has 1 heteroatoms. The van der Waals surface area contributed by atoms with Crippen molar-refractivity contribution in [3.8, 4) is 5.92 Å². The van der Waals surface area contributed by atoms with E-state index in [1.165, 1.54) is 10.1 Å². The molecule has 0 amide bonds. The molecular formula is C10H5S+. The van der Waals surface area contributed by atoms with E-state index in [9.17, 15) is 0 Å². The van der Waals surface area contributed by atoms with Crippen molar-refractivity contribution in [3.05, 3.63) is 41.6 Å². The van der Waals surface area contributed by atoms with Gasteiger partial charge >= 0.3 is 69.0 Å². The fraction of sp³-hybridized carbons (Fsp3) is 0. The van der Waals surface area contributed by atoms with Crippen LogP contribution in [0.25, 0.3) is 10.1 Å². The first-order chi connectivity index (χ1) is 5.40. The Labute approximate surface area is 69.5 Å². The van der Waals surface area contributed by atoms with Crippen LogP contribution in [0.1, 0.15) is 4.88 Å². The second-order valence-corrected chi connectivity index (χ2v) is 3.36. The van der Waals surface area contributed by atoms with Gasteiger partial charge in [0.1, 0.15) is 0 Å². The summed E-state index contributed by atoms with van der Waals surface area (Å²) in [5.74, 6) is 2.38. The van der Waals surface area contributed by atoms with Crippen molar-refractivity contribution in [2.24, 2.45) is 0 Å². The normalized spacial score (nSPS) is 10.0. The maximum absolute atomic E-state index is 6.94. The van der Waals surface area contributed by atoms with Crippen LogP contribution in [0.2, 0.25) is 0 Å². The van der Waals surface area contributed by atoms with Crippen LogP contribution in [0.4, 0.5) is 0 Å². The van der Waals surface area contributed by atoms with Crippen LogP contribution in [0.15, 0.2) is 30.3 Å². The van der Waals surface area contributed by atoms with E-state index in [2.05, 4.69) is 12.0 Å². The van der Waals surface area contributed by atoms with Crippen molar-refractivity contribution in [1.82, 2.24) is 0 Å². The summed E-state index contributed by atoms with van der Waals surface area (Å²) >= 11 is 1.60. The van der Waals surface area contributed by atoms with E-state index < -0.39 is 0 Å². The van der Waals surface area contributed by atoms with Gasteiger partial charge in [0, 0.05) is 0 Å². The zero-order chi connectivity index (χ0) is 7.68. The van der Waals surface area contributed by atoms with Crippen LogP contribution in [0.3, 0.4) is 0 Å². The van der Waals surface area contributed by atoms with Gasteiger partial charge in [-0.15, -0.1) is 0 Å². The molecule has 0 saturated carbocycles. The Morgan fingerprint density at radius 3 is 2.82 bits per heavy atom. The summed E-state index contributed by atoms with van der Waals surface area (Å²) in [7, 11) is 0. The number of fused-ring (bicyclic) bond motifs is 1. The van der Waals surface area contributed by atoms with Crippen LogP contribution >= 0.6 is 11.3 Å². The van der Waals surface area contributed by atoms with Gasteiger partial charge in [-0.25, -0.2) is 0 Å². The molecule has 0 bridgehead atoms. The predicted molar refractivity (Wildman–Crippen MR) is 48.1 cm³/mol. The van der Waals surface area contributed by atoms with Crippen molar-refractivity contribution < 1.29 is 0 Å². The van der Waals surface area contributed by atoms with E-state index in [0.717, 1.165) is 4.88 Å². The van der Waals surface area contributed by atoms with E-state index in [1.807, 2.05) is 24.3 Å². The molecule has 0 spiro atoms. The summed E-state index contributed by atoms with van der Waals surface area (Å²) < 4.78 is 1.22. The van der Waals surface area contributed by atoms with Crippen molar-refractivity contribution in [3.63, 3.8) is 0 Å². The third-order valence-corrected chi connectivity index (χ3v) is 2.58.